The summed E-state index contributed by atoms with van der Waals surface area (Å²) in [7, 11) is 0. The molecule has 0 spiro atoms. The molecule has 1 fully saturated rings. The minimum absolute atomic E-state index is 0.191. The number of nitriles is 1. The van der Waals surface area contributed by atoms with Crippen LogP contribution in [0.2, 0.25) is 0 Å². The van der Waals surface area contributed by atoms with Crippen LogP contribution in [0.4, 0.5) is 0 Å². The van der Waals surface area contributed by atoms with Gasteiger partial charge in [0.05, 0.1) is 18.8 Å². The van der Waals surface area contributed by atoms with E-state index in [1.54, 1.807) is 0 Å². The smallest absolute Gasteiger partial charge is 0.0700 e. The lowest BCUT2D eigenvalue weighted by Gasteiger charge is -2.23. The van der Waals surface area contributed by atoms with Gasteiger partial charge >= 0.3 is 0 Å². The van der Waals surface area contributed by atoms with E-state index in [9.17, 15) is 0 Å². The predicted molar refractivity (Wildman–Crippen MR) is 51.2 cm³/mol. The van der Waals surface area contributed by atoms with Crippen LogP contribution in [0, 0.1) is 17.2 Å². The Kier molecular flexibility index (Phi) is 4.81. The summed E-state index contributed by atoms with van der Waals surface area (Å²) < 4.78 is 5.55. The summed E-state index contributed by atoms with van der Waals surface area (Å²) in [5, 5.41) is 11.9. The van der Waals surface area contributed by atoms with Crippen molar-refractivity contribution in [3.63, 3.8) is 0 Å². The number of ether oxygens (including phenoxy) is 1. The van der Waals surface area contributed by atoms with Crippen LogP contribution in [0.1, 0.15) is 26.2 Å². The Morgan fingerprint density at radius 2 is 2.54 bits per heavy atom. The zero-order chi connectivity index (χ0) is 9.52. The molecule has 1 rings (SSSR count). The van der Waals surface area contributed by atoms with Crippen LogP contribution >= 0.6 is 0 Å². The molecule has 0 aromatic carbocycles. The van der Waals surface area contributed by atoms with E-state index >= 15 is 0 Å². The van der Waals surface area contributed by atoms with E-state index in [4.69, 9.17) is 10.00 Å². The van der Waals surface area contributed by atoms with Gasteiger partial charge in [0.2, 0.25) is 0 Å². The van der Waals surface area contributed by atoms with E-state index in [0.29, 0.717) is 6.10 Å². The largest absolute Gasteiger partial charge is 0.376 e. The fourth-order valence-corrected chi connectivity index (χ4v) is 1.52. The van der Waals surface area contributed by atoms with Crippen molar-refractivity contribution < 1.29 is 4.74 Å². The van der Waals surface area contributed by atoms with Crippen molar-refractivity contribution in [3.8, 4) is 6.07 Å². The fraction of sp³-hybridized carbons (Fsp3) is 0.900. The Bertz CT molecular complexity index is 170. The molecule has 13 heavy (non-hydrogen) atoms. The lowest BCUT2D eigenvalue weighted by molar-refractivity contribution is 0.0218. The van der Waals surface area contributed by atoms with Crippen LogP contribution in [-0.4, -0.2) is 25.8 Å². The number of hydrogen-bond acceptors (Lipinski definition) is 3. The summed E-state index contributed by atoms with van der Waals surface area (Å²) in [5.74, 6) is 0.191. The monoisotopic (exact) mass is 182 g/mol. The van der Waals surface area contributed by atoms with Gasteiger partial charge in [-0.1, -0.05) is 0 Å². The second kappa shape index (κ2) is 5.95. The molecule has 1 heterocycles. The Balaban J connectivity index is 2.02. The number of nitrogens with zero attached hydrogens (tertiary/aromatic N) is 1. The van der Waals surface area contributed by atoms with Gasteiger partial charge in [0.15, 0.2) is 0 Å². The van der Waals surface area contributed by atoms with Gasteiger partial charge in [-0.2, -0.15) is 5.26 Å². The fourth-order valence-electron chi connectivity index (χ4n) is 1.52. The molecule has 1 N–H and O–H groups in total. The summed E-state index contributed by atoms with van der Waals surface area (Å²) in [6, 6.07) is 2.25. The van der Waals surface area contributed by atoms with E-state index in [0.717, 1.165) is 39.0 Å². The van der Waals surface area contributed by atoms with Gasteiger partial charge in [-0.05, 0) is 26.2 Å². The van der Waals surface area contributed by atoms with Gasteiger partial charge in [-0.3, -0.25) is 0 Å². The highest BCUT2D eigenvalue weighted by atomic mass is 16.5. The molecule has 3 nitrogen and oxygen atoms in total. The molecule has 1 saturated heterocycles. The zero-order valence-electron chi connectivity index (χ0n) is 8.25. The van der Waals surface area contributed by atoms with Crippen molar-refractivity contribution in [2.24, 2.45) is 5.92 Å². The molecular weight excluding hydrogens is 164 g/mol. The van der Waals surface area contributed by atoms with Gasteiger partial charge in [0.25, 0.3) is 0 Å². The minimum Gasteiger partial charge on any atom is -0.376 e. The predicted octanol–water partition coefficient (Wildman–Crippen LogP) is 1.30. The molecule has 0 bridgehead atoms. The highest BCUT2D eigenvalue weighted by molar-refractivity contribution is 4.78. The lowest BCUT2D eigenvalue weighted by atomic mass is 10.0. The standard InChI is InChI=1S/C10H18N2O/c1-9(7-11)3-2-4-10-8-12-5-6-13-10/h9-10,12H,2-6,8H2,1H3/t9-,10-/m0/s1. The van der Waals surface area contributed by atoms with Crippen LogP contribution < -0.4 is 5.32 Å². The van der Waals surface area contributed by atoms with Crippen molar-refractivity contribution in [2.45, 2.75) is 32.3 Å². The topological polar surface area (TPSA) is 45.0 Å². The highest BCUT2D eigenvalue weighted by Crippen LogP contribution is 2.11. The van der Waals surface area contributed by atoms with Crippen LogP contribution in [-0.2, 0) is 4.74 Å². The average Bonchev–Trinajstić information content (AvgIpc) is 2.19. The maximum atomic E-state index is 8.58. The Labute approximate surface area is 80.1 Å². The van der Waals surface area contributed by atoms with Crippen molar-refractivity contribution >= 4 is 0 Å². The first kappa shape index (κ1) is 10.5. The first-order chi connectivity index (χ1) is 6.33. The molecule has 1 aliphatic heterocycles. The van der Waals surface area contributed by atoms with Crippen LogP contribution in [0.5, 0.6) is 0 Å². The van der Waals surface area contributed by atoms with Crippen molar-refractivity contribution in [1.29, 1.82) is 5.26 Å². The third-order valence-corrected chi connectivity index (χ3v) is 2.39. The first-order valence-electron chi connectivity index (χ1n) is 5.05. The second-order valence-corrected chi connectivity index (χ2v) is 3.66. The molecule has 2 atom stereocenters. The van der Waals surface area contributed by atoms with Gasteiger partial charge < -0.3 is 10.1 Å². The second-order valence-electron chi connectivity index (χ2n) is 3.66. The normalized spacial score (nSPS) is 25.1. The number of hydrogen-bond donors (Lipinski definition) is 1. The molecule has 0 saturated carbocycles. The Hall–Kier alpha value is -0.590. The lowest BCUT2D eigenvalue weighted by Crippen LogP contribution is -2.38. The van der Waals surface area contributed by atoms with Gasteiger partial charge in [-0.25, -0.2) is 0 Å². The first-order valence-corrected chi connectivity index (χ1v) is 5.05. The molecule has 0 amide bonds. The summed E-state index contributed by atoms with van der Waals surface area (Å²) in [6.07, 6.45) is 3.55. The molecule has 0 unspecified atom stereocenters. The maximum absolute atomic E-state index is 8.58. The van der Waals surface area contributed by atoms with E-state index in [-0.39, 0.29) is 5.92 Å². The van der Waals surface area contributed by atoms with Crippen LogP contribution in [0.25, 0.3) is 0 Å². The third-order valence-electron chi connectivity index (χ3n) is 2.39. The van der Waals surface area contributed by atoms with Gasteiger partial charge in [0.1, 0.15) is 0 Å². The van der Waals surface area contributed by atoms with E-state index in [2.05, 4.69) is 11.4 Å². The quantitative estimate of drug-likeness (QED) is 0.713. The zero-order valence-corrected chi connectivity index (χ0v) is 8.25. The summed E-state index contributed by atoms with van der Waals surface area (Å²) in [6.45, 7) is 4.75. The molecule has 0 aromatic rings. The number of morpholine rings is 1. The van der Waals surface area contributed by atoms with Gasteiger partial charge in [0, 0.05) is 19.0 Å². The van der Waals surface area contributed by atoms with Crippen molar-refractivity contribution in [1.82, 2.24) is 5.32 Å². The van der Waals surface area contributed by atoms with Crippen molar-refractivity contribution in [2.75, 3.05) is 19.7 Å². The molecule has 74 valence electrons. The maximum Gasteiger partial charge on any atom is 0.0700 e. The Morgan fingerprint density at radius 1 is 1.69 bits per heavy atom. The van der Waals surface area contributed by atoms with Crippen molar-refractivity contribution in [3.05, 3.63) is 0 Å². The molecule has 0 aliphatic carbocycles. The number of rotatable bonds is 4. The molecule has 0 radical (unpaired) electrons. The Morgan fingerprint density at radius 3 is 3.15 bits per heavy atom. The summed E-state index contributed by atoms with van der Waals surface area (Å²) in [5.41, 5.74) is 0. The molecule has 1 aliphatic rings. The summed E-state index contributed by atoms with van der Waals surface area (Å²) in [4.78, 5) is 0. The van der Waals surface area contributed by atoms with E-state index in [1.165, 1.54) is 0 Å². The molecule has 0 aromatic heterocycles. The van der Waals surface area contributed by atoms with Gasteiger partial charge in [-0.15, -0.1) is 0 Å². The minimum atomic E-state index is 0.191. The highest BCUT2D eigenvalue weighted by Gasteiger charge is 2.12. The summed E-state index contributed by atoms with van der Waals surface area (Å²) >= 11 is 0. The number of nitrogens with one attached hydrogen (secondary N) is 1. The van der Waals surface area contributed by atoms with E-state index < -0.39 is 0 Å². The van der Waals surface area contributed by atoms with Crippen LogP contribution in [0.3, 0.4) is 0 Å². The third kappa shape index (κ3) is 4.25. The van der Waals surface area contributed by atoms with Crippen LogP contribution in [0.15, 0.2) is 0 Å². The molecular formula is C10H18N2O. The molecule has 3 heteroatoms. The van der Waals surface area contributed by atoms with E-state index in [1.807, 2.05) is 6.92 Å². The SMILES string of the molecule is C[C@H](C#N)CCC[C@H]1CNCCO1. The average molecular weight is 182 g/mol.